The first kappa shape index (κ1) is 17.8. The topological polar surface area (TPSA) is 107 Å². The number of carbonyl (C=O) groups excluding carboxylic acids is 1. The maximum Gasteiger partial charge on any atom is 0.326 e. The lowest BCUT2D eigenvalue weighted by molar-refractivity contribution is -0.149. The maximum atomic E-state index is 12.3. The lowest BCUT2D eigenvalue weighted by Crippen LogP contribution is -2.53. The van der Waals surface area contributed by atoms with Crippen molar-refractivity contribution < 1.29 is 24.6 Å². The first-order chi connectivity index (χ1) is 9.88. The molecule has 1 aliphatic rings. The number of nitrogens with zero attached hydrogens (tertiary/aromatic N) is 1. The monoisotopic (exact) mass is 318 g/mol. The molecule has 0 bridgehead atoms. The minimum absolute atomic E-state index is 0.352. The third-order valence-corrected chi connectivity index (χ3v) is 4.20. The van der Waals surface area contributed by atoms with Gasteiger partial charge in [0.15, 0.2) is 0 Å². The molecule has 21 heavy (non-hydrogen) atoms. The fraction of sp³-hybridized carbons (Fsp3) is 0.769. The highest BCUT2D eigenvalue weighted by Gasteiger charge is 2.36. The van der Waals surface area contributed by atoms with E-state index in [2.05, 4.69) is 5.32 Å². The Morgan fingerprint density at radius 2 is 2.05 bits per heavy atom. The van der Waals surface area contributed by atoms with E-state index >= 15 is 0 Å². The van der Waals surface area contributed by atoms with Crippen LogP contribution in [0.15, 0.2) is 0 Å². The number of nitrogens with one attached hydrogen (secondary N) is 1. The zero-order valence-electron chi connectivity index (χ0n) is 12.2. The Hall–Kier alpha value is -1.28. The van der Waals surface area contributed by atoms with Crippen LogP contribution in [0.3, 0.4) is 0 Å². The number of thioether (sulfide) groups is 1. The largest absolute Gasteiger partial charge is 0.480 e. The molecule has 7 nitrogen and oxygen atoms in total. The summed E-state index contributed by atoms with van der Waals surface area (Å²) in [6, 6.07) is -2.31. The summed E-state index contributed by atoms with van der Waals surface area (Å²) in [6.07, 6.45) is 3.40. The van der Waals surface area contributed by atoms with Gasteiger partial charge < -0.3 is 15.1 Å². The highest BCUT2D eigenvalue weighted by molar-refractivity contribution is 7.98. The smallest absolute Gasteiger partial charge is 0.326 e. The van der Waals surface area contributed by atoms with Crippen molar-refractivity contribution in [1.82, 2.24) is 10.2 Å². The van der Waals surface area contributed by atoms with Crippen molar-refractivity contribution >= 4 is 29.6 Å². The molecule has 3 atom stereocenters. The summed E-state index contributed by atoms with van der Waals surface area (Å²) in [4.78, 5) is 35.9. The predicted molar refractivity (Wildman–Crippen MR) is 79.4 cm³/mol. The lowest BCUT2D eigenvalue weighted by atomic mass is 10.1. The van der Waals surface area contributed by atoms with Gasteiger partial charge in [-0.2, -0.15) is 11.8 Å². The molecule has 2 unspecified atom stereocenters. The average molecular weight is 318 g/mol. The summed E-state index contributed by atoms with van der Waals surface area (Å²) >= 11 is 1.54. The van der Waals surface area contributed by atoms with Crippen molar-refractivity contribution in [2.75, 3.05) is 18.6 Å². The van der Waals surface area contributed by atoms with E-state index in [0.29, 0.717) is 31.6 Å². The number of aliphatic carboxylic acids is 2. The average Bonchev–Trinajstić information content (AvgIpc) is 2.91. The highest BCUT2D eigenvalue weighted by atomic mass is 32.2. The third-order valence-electron chi connectivity index (χ3n) is 3.55. The Morgan fingerprint density at radius 1 is 1.38 bits per heavy atom. The number of carbonyl (C=O) groups is 3. The molecule has 0 saturated carbocycles. The molecule has 0 aliphatic carbocycles. The van der Waals surface area contributed by atoms with Gasteiger partial charge in [0.2, 0.25) is 5.91 Å². The molecule has 0 aromatic carbocycles. The van der Waals surface area contributed by atoms with Crippen LogP contribution in [0.5, 0.6) is 0 Å². The van der Waals surface area contributed by atoms with Crippen LogP contribution in [-0.4, -0.2) is 69.6 Å². The van der Waals surface area contributed by atoms with E-state index in [1.807, 2.05) is 6.26 Å². The molecule has 3 N–H and O–H groups in total. The molecule has 1 saturated heterocycles. The van der Waals surface area contributed by atoms with Crippen molar-refractivity contribution in [2.45, 2.75) is 44.3 Å². The van der Waals surface area contributed by atoms with E-state index in [1.165, 1.54) is 16.7 Å². The standard InChI is InChI=1S/C13H22N2O5S/c1-8(14-9(12(17)18)5-7-21-2)11(16)15-6-3-4-10(15)13(19)20/h8-10,14H,3-7H2,1-2H3,(H,17,18)(H,19,20)/t8?,9?,10-/m0/s1. The van der Waals surface area contributed by atoms with E-state index in [-0.39, 0.29) is 5.91 Å². The second-order valence-corrected chi connectivity index (χ2v) is 6.07. The summed E-state index contributed by atoms with van der Waals surface area (Å²) in [5.41, 5.74) is 0. The van der Waals surface area contributed by atoms with Gasteiger partial charge in [0.05, 0.1) is 6.04 Å². The minimum atomic E-state index is -1.01. The Labute approximate surface area is 128 Å². The van der Waals surface area contributed by atoms with Crippen LogP contribution >= 0.6 is 11.8 Å². The molecule has 1 amide bonds. The molecule has 1 heterocycles. The summed E-state index contributed by atoms with van der Waals surface area (Å²) in [7, 11) is 0. The maximum absolute atomic E-state index is 12.3. The van der Waals surface area contributed by atoms with Gasteiger partial charge in [-0.3, -0.25) is 14.9 Å². The number of carboxylic acid groups (broad SMARTS) is 2. The molecule has 1 fully saturated rings. The lowest BCUT2D eigenvalue weighted by Gasteiger charge is -2.27. The second kappa shape index (κ2) is 8.23. The molecule has 1 aliphatic heterocycles. The Bertz CT molecular complexity index is 404. The zero-order valence-corrected chi connectivity index (χ0v) is 13.1. The molecule has 0 aromatic rings. The molecular formula is C13H22N2O5S. The fourth-order valence-electron chi connectivity index (χ4n) is 2.42. The van der Waals surface area contributed by atoms with Crippen LogP contribution in [0.2, 0.25) is 0 Å². The summed E-state index contributed by atoms with van der Waals surface area (Å²) in [6.45, 7) is 1.99. The van der Waals surface area contributed by atoms with Gasteiger partial charge in [0, 0.05) is 6.54 Å². The molecule has 0 aromatic heterocycles. The number of carboxylic acids is 2. The molecule has 0 spiro atoms. The molecule has 8 heteroatoms. The van der Waals surface area contributed by atoms with Crippen LogP contribution in [-0.2, 0) is 14.4 Å². The van der Waals surface area contributed by atoms with Crippen molar-refractivity contribution in [1.29, 1.82) is 0 Å². The van der Waals surface area contributed by atoms with Crippen LogP contribution in [0, 0.1) is 0 Å². The first-order valence-electron chi connectivity index (χ1n) is 6.89. The SMILES string of the molecule is CSCCC(NC(C)C(=O)N1CCC[C@H]1C(=O)O)C(=O)O. The molecule has 0 radical (unpaired) electrons. The van der Waals surface area contributed by atoms with Gasteiger partial charge in [-0.15, -0.1) is 0 Å². The van der Waals surface area contributed by atoms with E-state index in [1.54, 1.807) is 6.92 Å². The van der Waals surface area contributed by atoms with Crippen molar-refractivity contribution in [2.24, 2.45) is 0 Å². The van der Waals surface area contributed by atoms with Gasteiger partial charge in [-0.05, 0) is 38.2 Å². The van der Waals surface area contributed by atoms with Gasteiger partial charge in [-0.25, -0.2) is 4.79 Å². The van der Waals surface area contributed by atoms with Crippen LogP contribution in [0.1, 0.15) is 26.2 Å². The summed E-state index contributed by atoms with van der Waals surface area (Å²) in [5.74, 6) is -1.69. The van der Waals surface area contributed by atoms with E-state index in [4.69, 9.17) is 10.2 Å². The fourth-order valence-corrected chi connectivity index (χ4v) is 2.89. The minimum Gasteiger partial charge on any atom is -0.480 e. The van der Waals surface area contributed by atoms with Crippen LogP contribution < -0.4 is 5.32 Å². The zero-order chi connectivity index (χ0) is 16.0. The van der Waals surface area contributed by atoms with Gasteiger partial charge in [0.25, 0.3) is 0 Å². The Balaban J connectivity index is 2.64. The summed E-state index contributed by atoms with van der Waals surface area (Å²) in [5, 5.41) is 21.0. The number of amides is 1. The van der Waals surface area contributed by atoms with Gasteiger partial charge >= 0.3 is 11.9 Å². The van der Waals surface area contributed by atoms with E-state index in [0.717, 1.165) is 0 Å². The second-order valence-electron chi connectivity index (χ2n) is 5.09. The van der Waals surface area contributed by atoms with Crippen molar-refractivity contribution in [3.63, 3.8) is 0 Å². The molecule has 120 valence electrons. The van der Waals surface area contributed by atoms with Crippen molar-refractivity contribution in [3.05, 3.63) is 0 Å². The van der Waals surface area contributed by atoms with Crippen LogP contribution in [0.4, 0.5) is 0 Å². The number of hydrogen-bond acceptors (Lipinski definition) is 5. The normalized spacial score (nSPS) is 21.0. The Morgan fingerprint density at radius 3 is 2.57 bits per heavy atom. The van der Waals surface area contributed by atoms with E-state index in [9.17, 15) is 14.4 Å². The van der Waals surface area contributed by atoms with Crippen molar-refractivity contribution in [3.8, 4) is 0 Å². The first-order valence-corrected chi connectivity index (χ1v) is 8.29. The number of rotatable bonds is 8. The predicted octanol–water partition coefficient (Wildman–Crippen LogP) is 0.246. The molecule has 1 rings (SSSR count). The number of likely N-dealkylation sites (tertiary alicyclic amines) is 1. The molecular weight excluding hydrogens is 296 g/mol. The van der Waals surface area contributed by atoms with Gasteiger partial charge in [0.1, 0.15) is 12.1 Å². The van der Waals surface area contributed by atoms with Gasteiger partial charge in [-0.1, -0.05) is 0 Å². The third kappa shape index (κ3) is 4.89. The van der Waals surface area contributed by atoms with E-state index < -0.39 is 30.1 Å². The highest BCUT2D eigenvalue weighted by Crippen LogP contribution is 2.18. The van der Waals surface area contributed by atoms with Crippen LogP contribution in [0.25, 0.3) is 0 Å². The number of hydrogen-bond donors (Lipinski definition) is 3. The quantitative estimate of drug-likeness (QED) is 0.589. The summed E-state index contributed by atoms with van der Waals surface area (Å²) < 4.78 is 0. The Kier molecular flexibility index (Phi) is 6.97.